The number of fused-ring (bicyclic) bond motifs is 6. The van der Waals surface area contributed by atoms with Crippen LogP contribution in [0, 0.1) is 13.8 Å². The molecule has 6 rings (SSSR count). The van der Waals surface area contributed by atoms with Crippen LogP contribution in [0.5, 0.6) is 0 Å². The van der Waals surface area contributed by atoms with Crippen LogP contribution in [0.25, 0.3) is 16.8 Å². The molecule has 0 atom stereocenters. The lowest BCUT2D eigenvalue weighted by atomic mass is 9.85. The molecule has 0 spiro atoms. The number of hydrogen-bond donors (Lipinski definition) is 1. The molecule has 0 bridgehead atoms. The van der Waals surface area contributed by atoms with Crippen LogP contribution in [-0.4, -0.2) is 28.8 Å². The summed E-state index contributed by atoms with van der Waals surface area (Å²) < 4.78 is 73.6. The lowest BCUT2D eigenvalue weighted by molar-refractivity contribution is -0.342. The first-order valence-electron chi connectivity index (χ1n) is 12.0. The van der Waals surface area contributed by atoms with Gasteiger partial charge in [0.05, 0.1) is 5.69 Å². The molecule has 2 nitrogen and oxygen atoms in total. The highest BCUT2D eigenvalue weighted by atomic mass is 19.4. The summed E-state index contributed by atoms with van der Waals surface area (Å²) in [6.45, 7) is 3.89. The number of aromatic nitrogens is 1. The van der Waals surface area contributed by atoms with Crippen molar-refractivity contribution in [1.82, 2.24) is 4.98 Å². The topological polar surface area (TPSA) is 18.8 Å². The average molecular weight is 493 g/mol. The van der Waals surface area contributed by atoms with Crippen molar-refractivity contribution in [1.29, 1.82) is 0 Å². The number of allylic oxidation sites excluding steroid dienone is 3. The van der Waals surface area contributed by atoms with E-state index in [-0.39, 0.29) is 11.4 Å². The van der Waals surface area contributed by atoms with Crippen LogP contribution in [0.4, 0.5) is 21.8 Å². The van der Waals surface area contributed by atoms with Gasteiger partial charge in [-0.15, -0.1) is 0 Å². The second kappa shape index (κ2) is 8.05. The highest BCUT2D eigenvalue weighted by Gasteiger charge is 2.52. The Balaban J connectivity index is 1.59. The van der Waals surface area contributed by atoms with Gasteiger partial charge in [-0.1, -0.05) is 41.5 Å². The molecule has 1 N–H and O–H groups in total. The number of alkyl halides is 3. The Morgan fingerprint density at radius 3 is 2.11 bits per heavy atom. The monoisotopic (exact) mass is 493 g/mol. The van der Waals surface area contributed by atoms with Gasteiger partial charge in [0.1, 0.15) is 5.57 Å². The van der Waals surface area contributed by atoms with Gasteiger partial charge in [-0.05, 0) is 68.4 Å². The van der Waals surface area contributed by atoms with E-state index in [1.54, 1.807) is 6.07 Å². The zero-order valence-corrected chi connectivity index (χ0v) is 19.9. The number of aryl methyl sites for hydroxylation is 5. The van der Waals surface area contributed by atoms with E-state index in [2.05, 4.69) is 4.98 Å². The first kappa shape index (κ1) is 23.0. The maximum Gasteiger partial charge on any atom is 0.935 e. The molecule has 0 radical (unpaired) electrons. The van der Waals surface area contributed by atoms with E-state index in [4.69, 9.17) is 0 Å². The minimum absolute atomic E-state index is 0.179. The van der Waals surface area contributed by atoms with Gasteiger partial charge in [-0.25, -0.2) is 13.1 Å². The number of H-pyrrole nitrogens is 1. The fourth-order valence-corrected chi connectivity index (χ4v) is 5.84. The highest BCUT2D eigenvalue weighted by Crippen LogP contribution is 2.44. The molecule has 2 aromatic carbocycles. The Labute approximate surface area is 206 Å². The highest BCUT2D eigenvalue weighted by molar-refractivity contribution is 6.36. The standard InChI is InChI=1S/C28H22BF5N2/c1-15-3-9-21-17(11-15)5-7-19-13-23(35-26(19)21)25(28(30,31)32)24-14-20-8-6-18-12-16(2)4-10-22(18)27(20)36(24)29(33)34/h3-4,9-14H,5-8H2,1-2H3/p+1. The fourth-order valence-electron chi connectivity index (χ4n) is 5.84. The third kappa shape index (κ3) is 3.57. The van der Waals surface area contributed by atoms with Gasteiger partial charge in [0.15, 0.2) is 5.71 Å². The summed E-state index contributed by atoms with van der Waals surface area (Å²) in [6, 6.07) is 12.8. The normalized spacial score (nSPS) is 17.8. The lowest BCUT2D eigenvalue weighted by Crippen LogP contribution is -2.30. The third-order valence-electron chi connectivity index (χ3n) is 7.39. The summed E-state index contributed by atoms with van der Waals surface area (Å²) in [4.78, 5) is 2.97. The Hall–Kier alpha value is -3.42. The zero-order valence-electron chi connectivity index (χ0n) is 19.9. The maximum absolute atomic E-state index is 14.6. The SMILES string of the molecule is Cc1ccc2c(c1)CCC1=C/C(=C(/c3cc4c([nH]3)-c3ccc(C)cc3CC4)C(F)(F)F)[N+](B(F)F)=C12. The van der Waals surface area contributed by atoms with E-state index in [1.165, 1.54) is 12.1 Å². The van der Waals surface area contributed by atoms with Crippen molar-refractivity contribution < 1.29 is 26.3 Å². The molecule has 0 fully saturated rings. The van der Waals surface area contributed by atoms with Crippen LogP contribution in [0.3, 0.4) is 0 Å². The van der Waals surface area contributed by atoms with E-state index in [1.807, 2.05) is 44.2 Å². The summed E-state index contributed by atoms with van der Waals surface area (Å²) in [7, 11) is -3.12. The van der Waals surface area contributed by atoms with Crippen LogP contribution in [0.1, 0.15) is 45.5 Å². The molecule has 1 aromatic heterocycles. The van der Waals surface area contributed by atoms with Crippen molar-refractivity contribution in [2.24, 2.45) is 0 Å². The van der Waals surface area contributed by atoms with Crippen LogP contribution in [-0.2, 0) is 19.3 Å². The predicted octanol–water partition coefficient (Wildman–Crippen LogP) is 6.98. The van der Waals surface area contributed by atoms with Crippen molar-refractivity contribution >= 4 is 18.7 Å². The Bertz CT molecular complexity index is 1520. The molecule has 2 aliphatic carbocycles. The van der Waals surface area contributed by atoms with Crippen molar-refractivity contribution in [3.8, 4) is 11.3 Å². The molecule has 0 saturated carbocycles. The van der Waals surface area contributed by atoms with Crippen molar-refractivity contribution in [2.45, 2.75) is 45.7 Å². The summed E-state index contributed by atoms with van der Waals surface area (Å²) in [5.41, 5.74) is 5.82. The number of hydrogen-bond acceptors (Lipinski definition) is 0. The summed E-state index contributed by atoms with van der Waals surface area (Å²) >= 11 is 0. The van der Waals surface area contributed by atoms with Crippen LogP contribution in [0.15, 0.2) is 59.8 Å². The van der Waals surface area contributed by atoms with Crippen LogP contribution < -0.4 is 0 Å². The molecule has 36 heavy (non-hydrogen) atoms. The van der Waals surface area contributed by atoms with Gasteiger partial charge in [0, 0.05) is 28.5 Å². The second-order valence-corrected chi connectivity index (χ2v) is 9.83. The first-order valence-corrected chi connectivity index (χ1v) is 12.0. The molecule has 182 valence electrons. The molecule has 0 saturated heterocycles. The smallest absolute Gasteiger partial charge is 0.354 e. The molecule has 0 unspecified atom stereocenters. The third-order valence-corrected chi connectivity index (χ3v) is 7.39. The Morgan fingerprint density at radius 2 is 1.44 bits per heavy atom. The van der Waals surface area contributed by atoms with Gasteiger partial charge in [0.2, 0.25) is 5.70 Å². The average Bonchev–Trinajstić information content (AvgIpc) is 3.39. The van der Waals surface area contributed by atoms with Gasteiger partial charge >= 0.3 is 13.6 Å². The fraction of sp³-hybridized carbons (Fsp3) is 0.250. The summed E-state index contributed by atoms with van der Waals surface area (Å²) in [5.74, 6) is 0. The Morgan fingerprint density at radius 1 is 0.833 bits per heavy atom. The number of nitrogens with zero attached hydrogens (tertiary/aromatic N) is 1. The van der Waals surface area contributed by atoms with Gasteiger partial charge in [-0.3, -0.25) is 0 Å². The van der Waals surface area contributed by atoms with E-state index < -0.39 is 24.8 Å². The van der Waals surface area contributed by atoms with E-state index in [0.29, 0.717) is 40.6 Å². The summed E-state index contributed by atoms with van der Waals surface area (Å²) in [5, 5.41) is 0. The Kier molecular flexibility index (Phi) is 5.15. The van der Waals surface area contributed by atoms with Gasteiger partial charge in [0.25, 0.3) is 0 Å². The van der Waals surface area contributed by atoms with E-state index in [9.17, 15) is 21.8 Å². The zero-order chi connectivity index (χ0) is 25.4. The van der Waals surface area contributed by atoms with Gasteiger partial charge in [-0.2, -0.15) is 13.2 Å². The molecule has 3 aromatic rings. The maximum atomic E-state index is 14.6. The number of aromatic amines is 1. The molecule has 8 heteroatoms. The number of halogens is 5. The van der Waals surface area contributed by atoms with Crippen molar-refractivity contribution in [3.63, 3.8) is 0 Å². The molecule has 0 amide bonds. The number of rotatable bonds is 2. The number of benzene rings is 2. The van der Waals surface area contributed by atoms with E-state index in [0.717, 1.165) is 39.8 Å². The number of nitrogens with one attached hydrogen (secondary N) is 1. The lowest BCUT2D eigenvalue weighted by Gasteiger charge is -2.17. The quantitative estimate of drug-likeness (QED) is 0.294. The first-order chi connectivity index (χ1) is 17.1. The predicted molar refractivity (Wildman–Crippen MR) is 131 cm³/mol. The largest absolute Gasteiger partial charge is 0.935 e. The molecular weight excluding hydrogens is 470 g/mol. The second-order valence-electron chi connectivity index (χ2n) is 9.83. The minimum Gasteiger partial charge on any atom is -0.354 e. The van der Waals surface area contributed by atoms with Crippen LogP contribution >= 0.6 is 0 Å². The van der Waals surface area contributed by atoms with Crippen molar-refractivity contribution in [3.05, 3.63) is 98.9 Å². The van der Waals surface area contributed by atoms with E-state index >= 15 is 0 Å². The van der Waals surface area contributed by atoms with Crippen LogP contribution in [0.2, 0.25) is 0 Å². The summed E-state index contributed by atoms with van der Waals surface area (Å²) in [6.07, 6.45) is -1.20. The minimum atomic E-state index is -4.84. The molecule has 2 heterocycles. The molecule has 3 aliphatic rings. The van der Waals surface area contributed by atoms with Crippen molar-refractivity contribution in [2.75, 3.05) is 0 Å². The molecular formula is C28H23BF5N2+. The molecule has 1 aliphatic heterocycles. The van der Waals surface area contributed by atoms with Gasteiger partial charge < -0.3 is 4.98 Å².